The van der Waals surface area contributed by atoms with E-state index in [1.165, 1.54) is 71.3 Å². The van der Waals surface area contributed by atoms with Crippen molar-refractivity contribution >= 4 is 11.4 Å². The molecule has 0 spiro atoms. The lowest BCUT2D eigenvalue weighted by atomic mass is 10.1. The zero-order chi connectivity index (χ0) is 24.2. The summed E-state index contributed by atoms with van der Waals surface area (Å²) in [7, 11) is 0. The van der Waals surface area contributed by atoms with E-state index in [9.17, 15) is 27.1 Å². The number of nitrogens with zero attached hydrogens (tertiary/aromatic N) is 1. The molecule has 0 aliphatic rings. The van der Waals surface area contributed by atoms with Crippen LogP contribution in [0.4, 0.5) is 33.3 Å². The van der Waals surface area contributed by atoms with Gasteiger partial charge in [0.15, 0.2) is 0 Å². The number of benzene rings is 3. The highest BCUT2D eigenvalue weighted by molar-refractivity contribution is 5.77. The Morgan fingerprint density at radius 1 is 0.765 bits per heavy atom. The van der Waals surface area contributed by atoms with Crippen molar-refractivity contribution in [2.24, 2.45) is 0 Å². The molecule has 34 heavy (non-hydrogen) atoms. The molecule has 3 aromatic carbocycles. The molecule has 0 bridgehead atoms. The number of nitrogens with one attached hydrogen (secondary N) is 1. The lowest BCUT2D eigenvalue weighted by Crippen LogP contribution is -2.02. The van der Waals surface area contributed by atoms with Crippen molar-refractivity contribution in [3.05, 3.63) is 84.7 Å². The van der Waals surface area contributed by atoms with Crippen molar-refractivity contribution in [3.63, 3.8) is 0 Å². The van der Waals surface area contributed by atoms with Gasteiger partial charge in [-0.05, 0) is 66.7 Å². The smallest absolute Gasteiger partial charge is 0.387 e. The lowest BCUT2D eigenvalue weighted by Gasteiger charge is -2.12. The molecule has 0 atom stereocenters. The Balaban J connectivity index is 1.72. The summed E-state index contributed by atoms with van der Waals surface area (Å²) in [5.41, 5.74) is 1.93. The summed E-state index contributed by atoms with van der Waals surface area (Å²) in [5, 5.41) is 13.9. The van der Waals surface area contributed by atoms with Crippen molar-refractivity contribution in [1.29, 1.82) is 0 Å². The molecule has 0 amide bonds. The summed E-state index contributed by atoms with van der Waals surface area (Å²) >= 11 is 0. The first-order valence-corrected chi connectivity index (χ1v) is 9.88. The number of ether oxygens (including phenoxy) is 2. The van der Waals surface area contributed by atoms with Crippen molar-refractivity contribution in [3.8, 4) is 34.3 Å². The van der Waals surface area contributed by atoms with Crippen LogP contribution in [0.2, 0.25) is 0 Å². The van der Waals surface area contributed by atoms with Gasteiger partial charge in [0.1, 0.15) is 23.0 Å². The average molecular weight is 476 g/mol. The van der Waals surface area contributed by atoms with E-state index in [-0.39, 0.29) is 23.1 Å². The molecule has 4 rings (SSSR count). The van der Waals surface area contributed by atoms with Gasteiger partial charge >= 0.3 is 13.2 Å². The average Bonchev–Trinajstić information content (AvgIpc) is 3.11. The summed E-state index contributed by atoms with van der Waals surface area (Å²) in [6.07, 6.45) is 0. The number of hydrogen-bond donors (Lipinski definition) is 2. The Bertz CT molecular complexity index is 1260. The van der Waals surface area contributed by atoms with Crippen LogP contribution in [-0.2, 0) is 0 Å². The maximum absolute atomic E-state index is 13.9. The Labute approximate surface area is 190 Å². The highest BCUT2D eigenvalue weighted by Gasteiger charge is 2.19. The molecular formula is C24H17F5N2O3. The van der Waals surface area contributed by atoms with E-state index in [0.717, 1.165) is 0 Å². The summed E-state index contributed by atoms with van der Waals surface area (Å²) in [6.45, 7) is -5.94. The van der Waals surface area contributed by atoms with Gasteiger partial charge < -0.3 is 19.9 Å². The summed E-state index contributed by atoms with van der Waals surface area (Å²) in [6, 6.07) is 18.4. The Kier molecular flexibility index (Phi) is 6.58. The van der Waals surface area contributed by atoms with Crippen LogP contribution in [0, 0.1) is 5.82 Å². The van der Waals surface area contributed by atoms with E-state index in [4.69, 9.17) is 0 Å². The fourth-order valence-electron chi connectivity index (χ4n) is 3.37. The molecular weight excluding hydrogens is 459 g/mol. The fourth-order valence-corrected chi connectivity index (χ4v) is 3.37. The Morgan fingerprint density at radius 3 is 1.91 bits per heavy atom. The molecule has 0 radical (unpaired) electrons. The van der Waals surface area contributed by atoms with Gasteiger partial charge in [-0.25, -0.2) is 4.39 Å². The van der Waals surface area contributed by atoms with E-state index in [1.807, 2.05) is 0 Å². The van der Waals surface area contributed by atoms with E-state index >= 15 is 0 Å². The van der Waals surface area contributed by atoms with Gasteiger partial charge in [-0.15, -0.1) is 0 Å². The van der Waals surface area contributed by atoms with Gasteiger partial charge in [0.25, 0.3) is 0 Å². The van der Waals surface area contributed by atoms with Crippen molar-refractivity contribution in [2.45, 2.75) is 13.2 Å². The van der Waals surface area contributed by atoms with Crippen LogP contribution < -0.4 is 14.8 Å². The van der Waals surface area contributed by atoms with Crippen LogP contribution in [0.5, 0.6) is 17.4 Å². The van der Waals surface area contributed by atoms with Crippen molar-refractivity contribution in [1.82, 2.24) is 4.57 Å². The number of alkyl halides is 4. The third-order valence-electron chi connectivity index (χ3n) is 4.77. The van der Waals surface area contributed by atoms with Gasteiger partial charge in [0.05, 0.1) is 5.69 Å². The van der Waals surface area contributed by atoms with E-state index in [1.54, 1.807) is 12.1 Å². The highest BCUT2D eigenvalue weighted by Crippen LogP contribution is 2.39. The third-order valence-corrected chi connectivity index (χ3v) is 4.77. The first-order chi connectivity index (χ1) is 16.3. The van der Waals surface area contributed by atoms with Gasteiger partial charge in [-0.2, -0.15) is 17.6 Å². The van der Waals surface area contributed by atoms with Crippen LogP contribution in [-0.4, -0.2) is 22.9 Å². The molecule has 0 saturated heterocycles. The zero-order valence-corrected chi connectivity index (χ0v) is 17.3. The van der Waals surface area contributed by atoms with Gasteiger partial charge in [-0.3, -0.25) is 4.57 Å². The summed E-state index contributed by atoms with van der Waals surface area (Å²) in [5.74, 6) is -0.847. The number of hydrogen-bond acceptors (Lipinski definition) is 4. The normalized spacial score (nSPS) is 11.1. The number of aromatic nitrogens is 1. The van der Waals surface area contributed by atoms with Crippen LogP contribution in [0.3, 0.4) is 0 Å². The largest absolute Gasteiger partial charge is 0.493 e. The predicted molar refractivity (Wildman–Crippen MR) is 116 cm³/mol. The van der Waals surface area contributed by atoms with Crippen LogP contribution in [0.15, 0.2) is 78.9 Å². The van der Waals surface area contributed by atoms with Crippen molar-refractivity contribution in [2.75, 3.05) is 5.32 Å². The minimum Gasteiger partial charge on any atom is -0.493 e. The zero-order valence-electron chi connectivity index (χ0n) is 17.3. The molecule has 1 heterocycles. The number of anilines is 2. The van der Waals surface area contributed by atoms with Crippen LogP contribution >= 0.6 is 0 Å². The molecule has 0 unspecified atom stereocenters. The second kappa shape index (κ2) is 9.74. The first kappa shape index (κ1) is 23.0. The summed E-state index contributed by atoms with van der Waals surface area (Å²) in [4.78, 5) is 0. The van der Waals surface area contributed by atoms with E-state index in [2.05, 4.69) is 14.8 Å². The molecule has 176 valence electrons. The molecule has 1 aromatic heterocycles. The number of halogens is 5. The fraction of sp³-hybridized carbons (Fsp3) is 0.0833. The molecule has 0 aliphatic carbocycles. The second-order valence-electron chi connectivity index (χ2n) is 7.01. The van der Waals surface area contributed by atoms with Crippen LogP contribution in [0.1, 0.15) is 0 Å². The van der Waals surface area contributed by atoms with Gasteiger partial charge in [0, 0.05) is 16.9 Å². The summed E-state index contributed by atoms with van der Waals surface area (Å²) < 4.78 is 73.6. The first-order valence-electron chi connectivity index (χ1n) is 9.88. The number of rotatable bonds is 8. The topological polar surface area (TPSA) is 55.6 Å². The standard InChI is InChI=1S/C24H17F5N2O3/c25-15-3-1-2-14(12-15)21-13-20(30-16-4-8-18(9-5-16)33-23(26)27)22(32)31(21)17-6-10-19(11-7-17)34-24(28)29/h1-13,23-24,30,32H. The van der Waals surface area contributed by atoms with Crippen molar-refractivity contribution < 1.29 is 36.5 Å². The molecule has 0 saturated carbocycles. The van der Waals surface area contributed by atoms with E-state index in [0.29, 0.717) is 22.6 Å². The SMILES string of the molecule is Oc1c(Nc2ccc(OC(F)F)cc2)cc(-c2cccc(F)c2)n1-c1ccc(OC(F)F)cc1. The third kappa shape index (κ3) is 5.22. The maximum Gasteiger partial charge on any atom is 0.387 e. The van der Waals surface area contributed by atoms with Gasteiger partial charge in [-0.1, -0.05) is 12.1 Å². The molecule has 10 heteroatoms. The highest BCUT2D eigenvalue weighted by atomic mass is 19.3. The van der Waals surface area contributed by atoms with Crippen LogP contribution in [0.25, 0.3) is 16.9 Å². The van der Waals surface area contributed by atoms with Gasteiger partial charge in [0.2, 0.25) is 5.88 Å². The van der Waals surface area contributed by atoms with E-state index < -0.39 is 19.0 Å². The molecule has 4 aromatic rings. The quantitative estimate of drug-likeness (QED) is 0.271. The molecule has 2 N–H and O–H groups in total. The minimum absolute atomic E-state index is 0.0334. The Morgan fingerprint density at radius 2 is 1.35 bits per heavy atom. The second-order valence-corrected chi connectivity index (χ2v) is 7.01. The lowest BCUT2D eigenvalue weighted by molar-refractivity contribution is -0.0505. The molecule has 5 nitrogen and oxygen atoms in total. The monoisotopic (exact) mass is 476 g/mol. The molecule has 0 fully saturated rings. The predicted octanol–water partition coefficient (Wildman–Crippen LogP) is 6.94. The maximum atomic E-state index is 13.9. The number of aromatic hydroxyl groups is 1. The molecule has 0 aliphatic heterocycles. The minimum atomic E-state index is -2.98. The Hall–Kier alpha value is -4.21.